The van der Waals surface area contributed by atoms with Gasteiger partial charge in [-0.15, -0.1) is 0 Å². The summed E-state index contributed by atoms with van der Waals surface area (Å²) in [7, 11) is 2.06. The lowest BCUT2D eigenvalue weighted by molar-refractivity contribution is 0.628. The number of hydrogen-bond acceptors (Lipinski definition) is 1. The number of rotatable bonds is 6. The summed E-state index contributed by atoms with van der Waals surface area (Å²) in [6.45, 7) is 2.22. The first-order valence-corrected chi connectivity index (χ1v) is 6.26. The Morgan fingerprint density at radius 1 is 1.50 bits per heavy atom. The molecule has 0 N–H and O–H groups in total. The molecule has 2 nitrogen and oxygen atoms in total. The average Bonchev–Trinajstić information content (AvgIpc) is 2.58. The largest absolute Gasteiger partial charge is 0.338 e. The van der Waals surface area contributed by atoms with Crippen LogP contribution in [0.2, 0.25) is 0 Å². The first-order chi connectivity index (χ1) is 6.74. The lowest BCUT2D eigenvalue weighted by Crippen LogP contribution is -1.99. The smallest absolute Gasteiger partial charge is 0.108 e. The molecule has 0 fully saturated rings. The minimum absolute atomic E-state index is 0.698. The first-order valence-electron chi connectivity index (χ1n) is 5.34. The van der Waals surface area contributed by atoms with Crippen LogP contribution in [0.4, 0.5) is 0 Å². The molecule has 1 atom stereocenters. The molecule has 3 heteroatoms. The highest BCUT2D eigenvalue weighted by Gasteiger charge is 2.02. The van der Waals surface area contributed by atoms with Gasteiger partial charge >= 0.3 is 0 Å². The van der Waals surface area contributed by atoms with E-state index in [1.807, 2.05) is 12.4 Å². The minimum Gasteiger partial charge on any atom is -0.338 e. The molecule has 0 aliphatic carbocycles. The van der Waals surface area contributed by atoms with Gasteiger partial charge in [0.25, 0.3) is 0 Å². The van der Waals surface area contributed by atoms with E-state index in [1.54, 1.807) is 0 Å². The molecule has 1 aromatic heterocycles. The number of halogens is 1. The lowest BCUT2D eigenvalue weighted by Gasteiger charge is -2.05. The molecule has 0 bridgehead atoms. The number of aromatic nitrogens is 2. The van der Waals surface area contributed by atoms with E-state index in [0.717, 1.165) is 6.42 Å². The van der Waals surface area contributed by atoms with E-state index in [1.165, 1.54) is 31.5 Å². The van der Waals surface area contributed by atoms with Gasteiger partial charge in [-0.3, -0.25) is 0 Å². The monoisotopic (exact) mass is 258 g/mol. The number of hydrogen-bond donors (Lipinski definition) is 0. The lowest BCUT2D eigenvalue weighted by atomic mass is 10.1. The topological polar surface area (TPSA) is 17.8 Å². The third kappa shape index (κ3) is 3.82. The number of alkyl halides is 1. The molecule has 0 spiro atoms. The number of imidazole rings is 1. The third-order valence-electron chi connectivity index (χ3n) is 2.53. The molecule has 1 rings (SSSR count). The summed E-state index contributed by atoms with van der Waals surface area (Å²) in [5, 5.41) is 0. The highest BCUT2D eigenvalue weighted by Crippen LogP contribution is 2.14. The van der Waals surface area contributed by atoms with Gasteiger partial charge in [0, 0.05) is 30.7 Å². The SMILES string of the molecule is CCC(Br)CCCCc1nccn1C. The normalized spacial score (nSPS) is 13.1. The molecule has 0 aliphatic heterocycles. The first kappa shape index (κ1) is 11.8. The van der Waals surface area contributed by atoms with Crippen LogP contribution >= 0.6 is 15.9 Å². The zero-order valence-corrected chi connectivity index (χ0v) is 10.6. The molecule has 0 amide bonds. The van der Waals surface area contributed by atoms with Crippen LogP contribution in [0.15, 0.2) is 12.4 Å². The van der Waals surface area contributed by atoms with E-state index >= 15 is 0 Å². The van der Waals surface area contributed by atoms with E-state index in [0.29, 0.717) is 4.83 Å². The van der Waals surface area contributed by atoms with Gasteiger partial charge in [-0.2, -0.15) is 0 Å². The molecule has 0 saturated carbocycles. The fraction of sp³-hybridized carbons (Fsp3) is 0.727. The molecule has 1 aromatic rings. The van der Waals surface area contributed by atoms with Crippen LogP contribution in [0.3, 0.4) is 0 Å². The Kier molecular flexibility index (Phi) is 5.23. The van der Waals surface area contributed by atoms with Crippen LogP contribution in [0.5, 0.6) is 0 Å². The van der Waals surface area contributed by atoms with Gasteiger partial charge in [-0.1, -0.05) is 29.3 Å². The average molecular weight is 259 g/mol. The zero-order chi connectivity index (χ0) is 10.4. The Hall–Kier alpha value is -0.310. The molecular weight excluding hydrogens is 240 g/mol. The van der Waals surface area contributed by atoms with E-state index in [4.69, 9.17) is 0 Å². The fourth-order valence-electron chi connectivity index (χ4n) is 1.49. The van der Waals surface area contributed by atoms with Crippen LogP contribution < -0.4 is 0 Å². The van der Waals surface area contributed by atoms with Crippen molar-refractivity contribution in [1.82, 2.24) is 9.55 Å². The summed E-state index contributed by atoms with van der Waals surface area (Å²) in [5.41, 5.74) is 0. The molecule has 0 saturated heterocycles. The molecule has 1 heterocycles. The second-order valence-electron chi connectivity index (χ2n) is 3.71. The van der Waals surface area contributed by atoms with Crippen molar-refractivity contribution >= 4 is 15.9 Å². The highest BCUT2D eigenvalue weighted by molar-refractivity contribution is 9.09. The Balaban J connectivity index is 2.13. The van der Waals surface area contributed by atoms with Crippen molar-refractivity contribution in [2.45, 2.75) is 43.9 Å². The molecule has 80 valence electrons. The maximum atomic E-state index is 4.30. The van der Waals surface area contributed by atoms with Gasteiger partial charge in [0.05, 0.1) is 0 Å². The second-order valence-corrected chi connectivity index (χ2v) is 5.00. The van der Waals surface area contributed by atoms with Crippen molar-refractivity contribution in [2.24, 2.45) is 7.05 Å². The fourth-order valence-corrected chi connectivity index (χ4v) is 1.81. The van der Waals surface area contributed by atoms with Crippen molar-refractivity contribution in [3.05, 3.63) is 18.2 Å². The molecule has 0 aliphatic rings. The maximum absolute atomic E-state index is 4.30. The van der Waals surface area contributed by atoms with Crippen molar-refractivity contribution in [3.63, 3.8) is 0 Å². The van der Waals surface area contributed by atoms with Crippen molar-refractivity contribution in [1.29, 1.82) is 0 Å². The van der Waals surface area contributed by atoms with Gasteiger partial charge in [0.1, 0.15) is 5.82 Å². The van der Waals surface area contributed by atoms with Gasteiger partial charge in [-0.25, -0.2) is 4.98 Å². The number of aryl methyl sites for hydroxylation is 2. The quantitative estimate of drug-likeness (QED) is 0.566. The van der Waals surface area contributed by atoms with Crippen LogP contribution in [-0.4, -0.2) is 14.4 Å². The molecule has 1 unspecified atom stereocenters. The maximum Gasteiger partial charge on any atom is 0.108 e. The Morgan fingerprint density at radius 2 is 2.29 bits per heavy atom. The molecule has 0 aromatic carbocycles. The third-order valence-corrected chi connectivity index (χ3v) is 3.64. The van der Waals surface area contributed by atoms with Gasteiger partial charge in [0.2, 0.25) is 0 Å². The van der Waals surface area contributed by atoms with Crippen LogP contribution in [0.25, 0.3) is 0 Å². The summed E-state index contributed by atoms with van der Waals surface area (Å²) >= 11 is 3.65. The molecule has 0 radical (unpaired) electrons. The molecular formula is C11H19BrN2. The summed E-state index contributed by atoms with van der Waals surface area (Å²) in [6, 6.07) is 0. The summed E-state index contributed by atoms with van der Waals surface area (Å²) < 4.78 is 2.10. The predicted molar refractivity (Wildman–Crippen MR) is 63.8 cm³/mol. The summed E-state index contributed by atoms with van der Waals surface area (Å²) in [4.78, 5) is 5.00. The van der Waals surface area contributed by atoms with Gasteiger partial charge in [0.15, 0.2) is 0 Å². The Morgan fingerprint density at radius 3 is 2.86 bits per heavy atom. The Labute approximate surface area is 94.9 Å². The van der Waals surface area contributed by atoms with E-state index in [2.05, 4.69) is 39.5 Å². The predicted octanol–water partition coefficient (Wildman–Crippen LogP) is 3.31. The standard InChI is InChI=1S/C11H19BrN2/c1-3-10(12)6-4-5-7-11-13-8-9-14(11)2/h8-10H,3-7H2,1-2H3. The minimum atomic E-state index is 0.698. The van der Waals surface area contributed by atoms with Crippen molar-refractivity contribution < 1.29 is 0 Å². The van der Waals surface area contributed by atoms with E-state index in [-0.39, 0.29) is 0 Å². The number of unbranched alkanes of at least 4 members (excludes halogenated alkanes) is 1. The molecule has 14 heavy (non-hydrogen) atoms. The van der Waals surface area contributed by atoms with E-state index in [9.17, 15) is 0 Å². The van der Waals surface area contributed by atoms with Gasteiger partial charge < -0.3 is 4.57 Å². The zero-order valence-electron chi connectivity index (χ0n) is 9.04. The highest BCUT2D eigenvalue weighted by atomic mass is 79.9. The Bertz CT molecular complexity index is 258. The number of nitrogens with zero attached hydrogens (tertiary/aromatic N) is 2. The van der Waals surface area contributed by atoms with Crippen LogP contribution in [0, 0.1) is 0 Å². The summed E-state index contributed by atoms with van der Waals surface area (Å²) in [5.74, 6) is 1.20. The summed E-state index contributed by atoms with van der Waals surface area (Å²) in [6.07, 6.45) is 10.0. The second kappa shape index (κ2) is 6.23. The van der Waals surface area contributed by atoms with Crippen molar-refractivity contribution in [3.8, 4) is 0 Å². The van der Waals surface area contributed by atoms with Crippen LogP contribution in [0.1, 0.15) is 38.4 Å². The van der Waals surface area contributed by atoms with Crippen molar-refractivity contribution in [2.75, 3.05) is 0 Å². The van der Waals surface area contributed by atoms with E-state index < -0.39 is 0 Å². The van der Waals surface area contributed by atoms with Gasteiger partial charge in [-0.05, 0) is 19.3 Å². The van der Waals surface area contributed by atoms with Crippen LogP contribution in [-0.2, 0) is 13.5 Å².